The lowest BCUT2D eigenvalue weighted by molar-refractivity contribution is -0.119. The first-order chi connectivity index (χ1) is 17.3. The number of nitrogens with one attached hydrogen (secondary N) is 2. The van der Waals surface area contributed by atoms with Gasteiger partial charge < -0.3 is 10.1 Å². The Kier molecular flexibility index (Phi) is 8.18. The number of para-hydroxylation sites is 1. The minimum atomic E-state index is -4.03. The summed E-state index contributed by atoms with van der Waals surface area (Å²) >= 11 is 0. The van der Waals surface area contributed by atoms with Crippen molar-refractivity contribution >= 4 is 39.1 Å². The van der Waals surface area contributed by atoms with Crippen molar-refractivity contribution in [2.45, 2.75) is 44.9 Å². The van der Waals surface area contributed by atoms with E-state index >= 15 is 0 Å². The van der Waals surface area contributed by atoms with Crippen LogP contribution in [0.2, 0.25) is 0 Å². The second-order valence-electron chi connectivity index (χ2n) is 9.64. The standard InChI is InChI=1S/C28H30N2O6S/c1-18-13-14-21(28(3,4)5)16-25(18)37(34,35)30-24-12-7-6-11-23(24)27(33)36-17-26(32)29-22-10-8-9-20(15-22)19(2)31/h6-16,30H,17H2,1-5H3,(H,29,32). The molecule has 0 heterocycles. The van der Waals surface area contributed by atoms with Gasteiger partial charge in [0.1, 0.15) is 0 Å². The van der Waals surface area contributed by atoms with Gasteiger partial charge >= 0.3 is 5.97 Å². The Morgan fingerprint density at radius 2 is 1.62 bits per heavy atom. The Balaban J connectivity index is 1.75. The van der Waals surface area contributed by atoms with E-state index in [0.29, 0.717) is 16.8 Å². The van der Waals surface area contributed by atoms with Crippen LogP contribution in [0.3, 0.4) is 0 Å². The first-order valence-corrected chi connectivity index (χ1v) is 13.1. The number of aryl methyl sites for hydroxylation is 1. The molecular weight excluding hydrogens is 492 g/mol. The molecule has 3 aromatic carbocycles. The van der Waals surface area contributed by atoms with Gasteiger partial charge in [-0.1, -0.05) is 57.2 Å². The van der Waals surface area contributed by atoms with Crippen LogP contribution < -0.4 is 10.0 Å². The smallest absolute Gasteiger partial charge is 0.340 e. The molecule has 0 fully saturated rings. The van der Waals surface area contributed by atoms with E-state index in [-0.39, 0.29) is 27.3 Å². The molecule has 0 unspecified atom stereocenters. The lowest BCUT2D eigenvalue weighted by Gasteiger charge is -2.21. The Labute approximate surface area is 217 Å². The molecule has 2 N–H and O–H groups in total. The number of hydrogen-bond donors (Lipinski definition) is 2. The Morgan fingerprint density at radius 1 is 0.919 bits per heavy atom. The summed E-state index contributed by atoms with van der Waals surface area (Å²) in [7, 11) is -4.03. The summed E-state index contributed by atoms with van der Waals surface area (Å²) in [5.74, 6) is -1.63. The maximum atomic E-state index is 13.3. The van der Waals surface area contributed by atoms with Gasteiger partial charge in [0, 0.05) is 11.3 Å². The van der Waals surface area contributed by atoms with Gasteiger partial charge in [0.15, 0.2) is 12.4 Å². The number of ketones is 1. The van der Waals surface area contributed by atoms with Crippen molar-refractivity contribution in [3.05, 3.63) is 89.0 Å². The number of amides is 1. The van der Waals surface area contributed by atoms with E-state index in [2.05, 4.69) is 10.0 Å². The van der Waals surface area contributed by atoms with Crippen LogP contribution in [0.5, 0.6) is 0 Å². The zero-order valence-electron chi connectivity index (χ0n) is 21.4. The van der Waals surface area contributed by atoms with Gasteiger partial charge in [-0.2, -0.15) is 0 Å². The highest BCUT2D eigenvalue weighted by Gasteiger charge is 2.24. The summed E-state index contributed by atoms with van der Waals surface area (Å²) in [6.07, 6.45) is 0. The number of Topliss-reactive ketones (excluding diaryl/α,β-unsaturated/α-hetero) is 1. The molecule has 1 amide bonds. The van der Waals surface area contributed by atoms with Crippen LogP contribution in [-0.4, -0.2) is 32.7 Å². The molecule has 0 aromatic heterocycles. The summed E-state index contributed by atoms with van der Waals surface area (Å²) in [5.41, 5.74) is 1.96. The van der Waals surface area contributed by atoms with Gasteiger partial charge in [-0.3, -0.25) is 14.3 Å². The molecule has 0 saturated heterocycles. The summed E-state index contributed by atoms with van der Waals surface area (Å²) in [5, 5.41) is 2.56. The fourth-order valence-corrected chi connectivity index (χ4v) is 4.88. The maximum absolute atomic E-state index is 13.3. The van der Waals surface area contributed by atoms with E-state index in [0.717, 1.165) is 5.56 Å². The maximum Gasteiger partial charge on any atom is 0.340 e. The van der Waals surface area contributed by atoms with Crippen molar-refractivity contribution in [1.29, 1.82) is 0 Å². The molecule has 0 aliphatic heterocycles. The third kappa shape index (κ3) is 7.04. The van der Waals surface area contributed by atoms with Crippen LogP contribution >= 0.6 is 0 Å². The van der Waals surface area contributed by atoms with E-state index < -0.39 is 28.5 Å². The highest BCUT2D eigenvalue weighted by Crippen LogP contribution is 2.28. The third-order valence-electron chi connectivity index (χ3n) is 5.62. The predicted octanol–water partition coefficient (Wildman–Crippen LogP) is 5.09. The molecule has 0 atom stereocenters. The fourth-order valence-electron chi connectivity index (χ4n) is 3.53. The number of anilines is 2. The summed E-state index contributed by atoms with van der Waals surface area (Å²) in [6, 6.07) is 17.6. The number of benzene rings is 3. The average molecular weight is 523 g/mol. The van der Waals surface area contributed by atoms with Crippen molar-refractivity contribution in [3.63, 3.8) is 0 Å². The van der Waals surface area contributed by atoms with Crippen LogP contribution in [0.25, 0.3) is 0 Å². The molecule has 9 heteroatoms. The molecule has 0 bridgehead atoms. The normalized spacial score (nSPS) is 11.5. The molecule has 3 aromatic rings. The number of esters is 1. The SMILES string of the molecule is CC(=O)c1cccc(NC(=O)COC(=O)c2ccccc2NS(=O)(=O)c2cc(C(C)(C)C)ccc2C)c1. The van der Waals surface area contributed by atoms with Gasteiger partial charge in [0.25, 0.3) is 15.9 Å². The number of hydrogen-bond acceptors (Lipinski definition) is 6. The van der Waals surface area contributed by atoms with Crippen LogP contribution in [0.4, 0.5) is 11.4 Å². The topological polar surface area (TPSA) is 119 Å². The molecule has 3 rings (SSSR count). The van der Waals surface area contributed by atoms with E-state index in [1.54, 1.807) is 49.4 Å². The number of carbonyl (C=O) groups is 3. The van der Waals surface area contributed by atoms with Gasteiger partial charge in [0.2, 0.25) is 0 Å². The molecule has 0 aliphatic carbocycles. The minimum Gasteiger partial charge on any atom is -0.452 e. The van der Waals surface area contributed by atoms with E-state index in [9.17, 15) is 22.8 Å². The van der Waals surface area contributed by atoms with E-state index in [4.69, 9.17) is 4.74 Å². The predicted molar refractivity (Wildman–Crippen MR) is 142 cm³/mol. The zero-order chi connectivity index (χ0) is 27.4. The van der Waals surface area contributed by atoms with Crippen LogP contribution in [0, 0.1) is 6.92 Å². The number of rotatable bonds is 8. The van der Waals surface area contributed by atoms with Crippen molar-refractivity contribution in [2.75, 3.05) is 16.6 Å². The average Bonchev–Trinajstić information content (AvgIpc) is 2.82. The van der Waals surface area contributed by atoms with Crippen molar-refractivity contribution < 1.29 is 27.5 Å². The van der Waals surface area contributed by atoms with Gasteiger partial charge in [-0.05, 0) is 60.7 Å². The monoisotopic (exact) mass is 522 g/mol. The summed E-state index contributed by atoms with van der Waals surface area (Å²) in [4.78, 5) is 36.7. The Morgan fingerprint density at radius 3 is 2.30 bits per heavy atom. The number of sulfonamides is 1. The Bertz CT molecular complexity index is 1460. The fraction of sp³-hybridized carbons (Fsp3) is 0.250. The molecule has 8 nitrogen and oxygen atoms in total. The largest absolute Gasteiger partial charge is 0.452 e. The van der Waals surface area contributed by atoms with Crippen molar-refractivity contribution in [3.8, 4) is 0 Å². The quantitative estimate of drug-likeness (QED) is 0.314. The highest BCUT2D eigenvalue weighted by atomic mass is 32.2. The second-order valence-corrected chi connectivity index (χ2v) is 11.3. The first kappa shape index (κ1) is 27.6. The summed E-state index contributed by atoms with van der Waals surface area (Å²) < 4.78 is 34.2. The molecule has 194 valence electrons. The number of carbonyl (C=O) groups excluding carboxylic acids is 3. The van der Waals surface area contributed by atoms with Gasteiger partial charge in [0.05, 0.1) is 16.1 Å². The Hall–Kier alpha value is -3.98. The second kappa shape index (κ2) is 11.0. The molecule has 0 radical (unpaired) electrons. The molecule has 37 heavy (non-hydrogen) atoms. The highest BCUT2D eigenvalue weighted by molar-refractivity contribution is 7.92. The zero-order valence-corrected chi connectivity index (χ0v) is 22.2. The lowest BCUT2D eigenvalue weighted by atomic mass is 9.87. The van der Waals surface area contributed by atoms with Gasteiger partial charge in [-0.15, -0.1) is 0 Å². The van der Waals surface area contributed by atoms with Crippen molar-refractivity contribution in [2.24, 2.45) is 0 Å². The number of ether oxygens (including phenoxy) is 1. The minimum absolute atomic E-state index is 0.0302. The summed E-state index contributed by atoms with van der Waals surface area (Å²) in [6.45, 7) is 8.48. The molecular formula is C28H30N2O6S. The van der Waals surface area contributed by atoms with E-state index in [1.165, 1.54) is 25.1 Å². The molecule has 0 saturated carbocycles. The van der Waals surface area contributed by atoms with Crippen molar-refractivity contribution in [1.82, 2.24) is 0 Å². The first-order valence-electron chi connectivity index (χ1n) is 11.6. The van der Waals surface area contributed by atoms with Crippen LogP contribution in [0.1, 0.15) is 59.5 Å². The van der Waals surface area contributed by atoms with Crippen LogP contribution in [-0.2, 0) is 25.0 Å². The third-order valence-corrected chi connectivity index (χ3v) is 7.13. The van der Waals surface area contributed by atoms with Crippen LogP contribution in [0.15, 0.2) is 71.6 Å². The van der Waals surface area contributed by atoms with E-state index in [1.807, 2.05) is 26.8 Å². The molecule has 0 aliphatic rings. The lowest BCUT2D eigenvalue weighted by Crippen LogP contribution is -2.22. The molecule has 0 spiro atoms. The van der Waals surface area contributed by atoms with Gasteiger partial charge in [-0.25, -0.2) is 13.2 Å².